The molecule has 2 rings (SSSR count). The van der Waals surface area contributed by atoms with Crippen molar-refractivity contribution in [2.45, 2.75) is 13.8 Å². The number of rotatable bonds is 10. The van der Waals surface area contributed by atoms with E-state index in [2.05, 4.69) is 16.0 Å². The van der Waals surface area contributed by atoms with Crippen LogP contribution in [0.1, 0.15) is 11.1 Å². The van der Waals surface area contributed by atoms with Gasteiger partial charge in [0.05, 0.1) is 12.0 Å². The van der Waals surface area contributed by atoms with Crippen LogP contribution in [0, 0.1) is 24.0 Å². The lowest BCUT2D eigenvalue weighted by Crippen LogP contribution is -3.11. The van der Waals surface area contributed by atoms with Gasteiger partial charge in [-0.15, -0.1) is 0 Å². The standard InChI is InChI=1S/C21H27N5O4/c1-15-5-4-6-16(2)21(15)24-20(28)14-25(3)13-19(27)23-12-11-22-17-7-9-18(10-8-17)26(29)30/h4-10,22H,11-14H2,1-3H3,(H,23,27)(H,24,28)/p+1. The highest BCUT2D eigenvalue weighted by molar-refractivity contribution is 5.93. The first-order valence-electron chi connectivity index (χ1n) is 9.68. The van der Waals surface area contributed by atoms with Gasteiger partial charge in [0.2, 0.25) is 0 Å². The van der Waals surface area contributed by atoms with E-state index in [-0.39, 0.29) is 30.6 Å². The van der Waals surface area contributed by atoms with Gasteiger partial charge >= 0.3 is 0 Å². The summed E-state index contributed by atoms with van der Waals surface area (Å²) in [7, 11) is 1.79. The Morgan fingerprint density at radius 2 is 1.57 bits per heavy atom. The maximum Gasteiger partial charge on any atom is 0.279 e. The second-order valence-electron chi connectivity index (χ2n) is 7.21. The molecule has 4 N–H and O–H groups in total. The van der Waals surface area contributed by atoms with E-state index >= 15 is 0 Å². The topological polar surface area (TPSA) is 118 Å². The molecule has 0 fully saturated rings. The highest BCUT2D eigenvalue weighted by atomic mass is 16.6. The number of nitrogens with one attached hydrogen (secondary N) is 4. The number of carbonyl (C=O) groups excluding carboxylic acids is 2. The summed E-state index contributed by atoms with van der Waals surface area (Å²) in [5.41, 5.74) is 3.58. The SMILES string of the molecule is Cc1cccc(C)c1NC(=O)C[NH+](C)CC(=O)NCCNc1ccc([N+](=O)[O-])cc1. The third kappa shape index (κ3) is 7.17. The normalized spacial score (nSPS) is 11.4. The van der Waals surface area contributed by atoms with E-state index in [9.17, 15) is 19.7 Å². The lowest BCUT2D eigenvalue weighted by atomic mass is 10.1. The van der Waals surface area contributed by atoms with Gasteiger partial charge in [-0.3, -0.25) is 19.7 Å². The van der Waals surface area contributed by atoms with E-state index in [1.54, 1.807) is 19.2 Å². The van der Waals surface area contributed by atoms with Crippen molar-refractivity contribution in [1.82, 2.24) is 5.32 Å². The predicted octanol–water partition coefficient (Wildman–Crippen LogP) is 0.893. The molecule has 0 bridgehead atoms. The second-order valence-corrected chi connectivity index (χ2v) is 7.21. The molecule has 0 saturated heterocycles. The number of benzene rings is 2. The van der Waals surface area contributed by atoms with Gasteiger partial charge in [-0.2, -0.15) is 0 Å². The van der Waals surface area contributed by atoms with Crippen LogP contribution in [-0.4, -0.2) is 50.0 Å². The molecule has 0 spiro atoms. The maximum atomic E-state index is 12.3. The molecule has 2 aromatic rings. The van der Waals surface area contributed by atoms with Crippen molar-refractivity contribution in [3.8, 4) is 0 Å². The Bertz CT molecular complexity index is 879. The zero-order chi connectivity index (χ0) is 22.1. The molecule has 9 nitrogen and oxygen atoms in total. The minimum Gasteiger partial charge on any atom is -0.383 e. The van der Waals surface area contributed by atoms with E-state index in [0.29, 0.717) is 13.1 Å². The summed E-state index contributed by atoms with van der Waals surface area (Å²) in [4.78, 5) is 35.3. The van der Waals surface area contributed by atoms with Crippen LogP contribution in [0.4, 0.5) is 17.1 Å². The molecule has 160 valence electrons. The molecule has 0 aliphatic heterocycles. The van der Waals surface area contributed by atoms with E-state index in [4.69, 9.17) is 0 Å². The number of likely N-dealkylation sites (N-methyl/N-ethyl adjacent to an activating group) is 1. The molecule has 1 unspecified atom stereocenters. The first kappa shape index (κ1) is 22.8. The number of nitrogens with zero attached hydrogens (tertiary/aromatic N) is 1. The minimum absolute atomic E-state index is 0.0292. The number of nitro benzene ring substituents is 1. The van der Waals surface area contributed by atoms with Crippen LogP contribution in [0.5, 0.6) is 0 Å². The second kappa shape index (κ2) is 10.9. The van der Waals surface area contributed by atoms with Crippen LogP contribution in [-0.2, 0) is 9.59 Å². The molecular weight excluding hydrogens is 386 g/mol. The fraction of sp³-hybridized carbons (Fsp3) is 0.333. The summed E-state index contributed by atoms with van der Waals surface area (Å²) in [5, 5.41) is 19.4. The quantitative estimate of drug-likeness (QED) is 0.262. The Labute approximate surface area is 175 Å². The predicted molar refractivity (Wildman–Crippen MR) is 116 cm³/mol. The van der Waals surface area contributed by atoms with E-state index in [0.717, 1.165) is 27.4 Å². The summed E-state index contributed by atoms with van der Waals surface area (Å²) in [5.74, 6) is -0.296. The number of carbonyl (C=O) groups is 2. The fourth-order valence-electron chi connectivity index (χ4n) is 2.98. The van der Waals surface area contributed by atoms with Gasteiger partial charge in [-0.25, -0.2) is 0 Å². The Balaban J connectivity index is 1.67. The monoisotopic (exact) mass is 414 g/mol. The van der Waals surface area contributed by atoms with Crippen molar-refractivity contribution in [2.24, 2.45) is 0 Å². The summed E-state index contributed by atoms with van der Waals surface area (Å²) in [6, 6.07) is 11.9. The van der Waals surface area contributed by atoms with Crippen molar-refractivity contribution < 1.29 is 19.4 Å². The van der Waals surface area contributed by atoms with Gasteiger partial charge in [-0.1, -0.05) is 18.2 Å². The zero-order valence-corrected chi connectivity index (χ0v) is 17.5. The van der Waals surface area contributed by atoms with Crippen LogP contribution >= 0.6 is 0 Å². The van der Waals surface area contributed by atoms with Crippen LogP contribution in [0.25, 0.3) is 0 Å². The smallest absolute Gasteiger partial charge is 0.279 e. The molecular formula is C21H28N5O4+. The number of aryl methyl sites for hydroxylation is 2. The van der Waals surface area contributed by atoms with Gasteiger partial charge in [0, 0.05) is 36.6 Å². The van der Waals surface area contributed by atoms with Crippen LogP contribution in [0.3, 0.4) is 0 Å². The lowest BCUT2D eigenvalue weighted by molar-refractivity contribution is -0.862. The first-order chi connectivity index (χ1) is 14.3. The summed E-state index contributed by atoms with van der Waals surface area (Å²) >= 11 is 0. The first-order valence-corrected chi connectivity index (χ1v) is 9.68. The minimum atomic E-state index is -0.453. The maximum absolute atomic E-state index is 12.3. The molecule has 0 aliphatic carbocycles. The molecule has 0 aliphatic rings. The molecule has 0 saturated carbocycles. The summed E-state index contributed by atoms with van der Waals surface area (Å²) < 4.78 is 0. The van der Waals surface area contributed by atoms with Gasteiger partial charge < -0.3 is 20.9 Å². The number of quaternary nitrogens is 1. The van der Waals surface area contributed by atoms with Gasteiger partial charge in [0.1, 0.15) is 0 Å². The van der Waals surface area contributed by atoms with Crippen LogP contribution in [0.15, 0.2) is 42.5 Å². The van der Waals surface area contributed by atoms with Gasteiger partial charge in [0.15, 0.2) is 13.1 Å². The van der Waals surface area contributed by atoms with Gasteiger partial charge in [0.25, 0.3) is 17.5 Å². The molecule has 0 aromatic heterocycles. The summed E-state index contributed by atoms with van der Waals surface area (Å²) in [6.07, 6.45) is 0. The van der Waals surface area contributed by atoms with Crippen LogP contribution < -0.4 is 20.9 Å². The molecule has 9 heteroatoms. The summed E-state index contributed by atoms with van der Waals surface area (Å²) in [6.45, 7) is 5.13. The van der Waals surface area contributed by atoms with E-state index < -0.39 is 4.92 Å². The number of hydrogen-bond acceptors (Lipinski definition) is 5. The molecule has 1 atom stereocenters. The van der Waals surface area contributed by atoms with Gasteiger partial charge in [-0.05, 0) is 37.1 Å². The fourth-order valence-corrected chi connectivity index (χ4v) is 2.98. The molecule has 2 amide bonds. The molecule has 0 radical (unpaired) electrons. The zero-order valence-electron chi connectivity index (χ0n) is 17.5. The Kier molecular flexibility index (Phi) is 8.30. The van der Waals surface area contributed by atoms with Crippen molar-refractivity contribution in [1.29, 1.82) is 0 Å². The Morgan fingerprint density at radius 1 is 0.967 bits per heavy atom. The van der Waals surface area contributed by atoms with E-state index in [1.165, 1.54) is 12.1 Å². The number of amides is 2. The highest BCUT2D eigenvalue weighted by Crippen LogP contribution is 2.19. The van der Waals surface area contributed by atoms with E-state index in [1.807, 2.05) is 32.0 Å². The third-order valence-corrected chi connectivity index (χ3v) is 4.52. The average molecular weight is 414 g/mol. The number of anilines is 2. The van der Waals surface area contributed by atoms with Crippen molar-refractivity contribution >= 4 is 28.9 Å². The highest BCUT2D eigenvalue weighted by Gasteiger charge is 2.15. The Morgan fingerprint density at radius 3 is 2.17 bits per heavy atom. The molecule has 30 heavy (non-hydrogen) atoms. The van der Waals surface area contributed by atoms with Crippen LogP contribution in [0.2, 0.25) is 0 Å². The van der Waals surface area contributed by atoms with Crippen molar-refractivity contribution in [2.75, 3.05) is 43.9 Å². The third-order valence-electron chi connectivity index (χ3n) is 4.52. The molecule has 2 aromatic carbocycles. The number of hydrogen-bond donors (Lipinski definition) is 4. The average Bonchev–Trinajstić information content (AvgIpc) is 2.68. The van der Waals surface area contributed by atoms with Crippen molar-refractivity contribution in [3.63, 3.8) is 0 Å². The molecule has 0 heterocycles. The number of para-hydroxylation sites is 1. The number of nitro groups is 1. The number of non-ortho nitro benzene ring substituents is 1. The largest absolute Gasteiger partial charge is 0.383 e. The Hall–Kier alpha value is -3.46. The lowest BCUT2D eigenvalue weighted by Gasteiger charge is -2.15. The van der Waals surface area contributed by atoms with Crippen molar-refractivity contribution in [3.05, 3.63) is 63.7 Å².